The molecule has 0 saturated heterocycles. The highest BCUT2D eigenvalue weighted by molar-refractivity contribution is 6.42. The van der Waals surface area contributed by atoms with Crippen molar-refractivity contribution in [3.8, 4) is 0 Å². The Morgan fingerprint density at radius 3 is 2.14 bits per heavy atom. The minimum absolute atomic E-state index is 0.00450. The summed E-state index contributed by atoms with van der Waals surface area (Å²) in [5, 5.41) is 11.8. The summed E-state index contributed by atoms with van der Waals surface area (Å²) in [4.78, 5) is 28.0. The first-order valence-electron chi connectivity index (χ1n) is 8.52. The van der Waals surface area contributed by atoms with Crippen LogP contribution < -0.4 is 0 Å². The molecule has 0 fully saturated rings. The molecule has 0 radical (unpaired) electrons. The molecule has 3 rings (SSSR count). The van der Waals surface area contributed by atoms with Crippen molar-refractivity contribution in [2.24, 2.45) is 0 Å². The second kappa shape index (κ2) is 8.84. The summed E-state index contributed by atoms with van der Waals surface area (Å²) in [5.74, 6) is -1.60. The van der Waals surface area contributed by atoms with Crippen LogP contribution in [0, 0.1) is 0 Å². The predicted octanol–water partition coefficient (Wildman–Crippen LogP) is 5.11. The normalized spacial score (nSPS) is 14.0. The number of carbonyl (C=O) groups is 2. The maximum Gasteiger partial charge on any atom is 0.289 e. The Morgan fingerprint density at radius 1 is 1.00 bits per heavy atom. The van der Waals surface area contributed by atoms with Crippen molar-refractivity contribution in [2.45, 2.75) is 13.1 Å². The van der Waals surface area contributed by atoms with Crippen molar-refractivity contribution in [2.75, 3.05) is 13.6 Å². The molecule has 9 heteroatoms. The van der Waals surface area contributed by atoms with Gasteiger partial charge in [0.05, 0.1) is 32.2 Å². The first-order valence-corrected chi connectivity index (χ1v) is 10.0. The van der Waals surface area contributed by atoms with Crippen LogP contribution in [-0.4, -0.2) is 40.3 Å². The molecule has 0 bridgehead atoms. The summed E-state index contributed by atoms with van der Waals surface area (Å²) in [7, 11) is 1.58. The Kier molecular flexibility index (Phi) is 6.64. The molecule has 29 heavy (non-hydrogen) atoms. The minimum Gasteiger partial charge on any atom is -0.503 e. The van der Waals surface area contributed by atoms with Gasteiger partial charge in [-0.2, -0.15) is 0 Å². The van der Waals surface area contributed by atoms with Crippen LogP contribution in [-0.2, 0) is 22.7 Å². The SMILES string of the molecule is CN(Cc1ccc(Cl)c(Cl)c1)C(=O)C1=C(O)C(=O)N(Cc2ccc(Cl)c(Cl)c2)C1. The summed E-state index contributed by atoms with van der Waals surface area (Å²) < 4.78 is 0. The molecule has 0 unspecified atom stereocenters. The molecule has 152 valence electrons. The van der Waals surface area contributed by atoms with Crippen LogP contribution in [0.1, 0.15) is 11.1 Å². The number of rotatable bonds is 5. The van der Waals surface area contributed by atoms with Gasteiger partial charge >= 0.3 is 0 Å². The quantitative estimate of drug-likeness (QED) is 0.656. The van der Waals surface area contributed by atoms with Gasteiger partial charge < -0.3 is 14.9 Å². The van der Waals surface area contributed by atoms with E-state index in [4.69, 9.17) is 46.4 Å². The molecule has 0 aliphatic carbocycles. The van der Waals surface area contributed by atoms with E-state index in [0.717, 1.165) is 11.1 Å². The minimum atomic E-state index is -0.609. The topological polar surface area (TPSA) is 60.9 Å². The van der Waals surface area contributed by atoms with Gasteiger partial charge in [0.1, 0.15) is 0 Å². The first-order chi connectivity index (χ1) is 13.7. The molecule has 2 aromatic carbocycles. The first kappa shape index (κ1) is 21.8. The summed E-state index contributed by atoms with van der Waals surface area (Å²) in [6.07, 6.45) is 0. The van der Waals surface area contributed by atoms with Gasteiger partial charge in [0.25, 0.3) is 11.8 Å². The van der Waals surface area contributed by atoms with E-state index in [2.05, 4.69) is 0 Å². The zero-order valence-corrected chi connectivity index (χ0v) is 18.3. The van der Waals surface area contributed by atoms with E-state index < -0.39 is 17.6 Å². The van der Waals surface area contributed by atoms with Crippen molar-refractivity contribution in [1.29, 1.82) is 0 Å². The fourth-order valence-electron chi connectivity index (χ4n) is 2.99. The van der Waals surface area contributed by atoms with Gasteiger partial charge in [-0.1, -0.05) is 58.5 Å². The number of aliphatic hydroxyl groups is 1. The van der Waals surface area contributed by atoms with Crippen LogP contribution in [0.15, 0.2) is 47.7 Å². The Balaban J connectivity index is 1.70. The monoisotopic (exact) mass is 472 g/mol. The Morgan fingerprint density at radius 2 is 1.55 bits per heavy atom. The molecule has 5 nitrogen and oxygen atoms in total. The van der Waals surface area contributed by atoms with E-state index in [1.165, 1.54) is 9.80 Å². The summed E-state index contributed by atoms with van der Waals surface area (Å²) in [6.45, 7) is 0.427. The average molecular weight is 474 g/mol. The molecule has 2 aromatic rings. The van der Waals surface area contributed by atoms with Crippen LogP contribution in [0.25, 0.3) is 0 Å². The number of likely N-dealkylation sites (N-methyl/N-ethyl adjacent to an activating group) is 1. The maximum absolute atomic E-state index is 12.8. The molecule has 0 spiro atoms. The largest absolute Gasteiger partial charge is 0.503 e. The third kappa shape index (κ3) is 4.81. The Labute approximate surface area is 188 Å². The standard InChI is InChI=1S/C20H16Cl4N2O3/c1-25(8-11-2-4-14(21)16(23)6-11)19(28)13-10-26(20(29)18(13)27)9-12-3-5-15(22)17(24)7-12/h2-7,27H,8-10H2,1H3. The molecule has 1 heterocycles. The molecule has 1 N–H and O–H groups in total. The van der Waals surface area contributed by atoms with Crippen LogP contribution in [0.5, 0.6) is 0 Å². The van der Waals surface area contributed by atoms with Crippen LogP contribution >= 0.6 is 46.4 Å². The second-order valence-corrected chi connectivity index (χ2v) is 8.28. The van der Waals surface area contributed by atoms with Crippen LogP contribution in [0.4, 0.5) is 0 Å². The van der Waals surface area contributed by atoms with Crippen LogP contribution in [0.3, 0.4) is 0 Å². The lowest BCUT2D eigenvalue weighted by Crippen LogP contribution is -2.31. The lowest BCUT2D eigenvalue weighted by atomic mass is 10.2. The van der Waals surface area contributed by atoms with E-state index in [-0.39, 0.29) is 25.2 Å². The number of carbonyl (C=O) groups excluding carboxylic acids is 2. The summed E-state index contributed by atoms with van der Waals surface area (Å²) in [6, 6.07) is 10.1. The number of amides is 2. The fourth-order valence-corrected chi connectivity index (χ4v) is 3.63. The fraction of sp³-hybridized carbons (Fsp3) is 0.200. The van der Waals surface area contributed by atoms with Crippen molar-refractivity contribution in [3.05, 3.63) is 78.9 Å². The third-order valence-corrected chi connectivity index (χ3v) is 5.97. The summed E-state index contributed by atoms with van der Waals surface area (Å²) >= 11 is 23.8. The predicted molar refractivity (Wildman–Crippen MR) is 114 cm³/mol. The molecule has 1 aliphatic rings. The van der Waals surface area contributed by atoms with Crippen molar-refractivity contribution < 1.29 is 14.7 Å². The maximum atomic E-state index is 12.8. The zero-order chi connectivity index (χ0) is 21.3. The highest BCUT2D eigenvalue weighted by atomic mass is 35.5. The van der Waals surface area contributed by atoms with Gasteiger partial charge in [0.15, 0.2) is 5.76 Å². The number of benzene rings is 2. The van der Waals surface area contributed by atoms with Gasteiger partial charge in [0.2, 0.25) is 0 Å². The van der Waals surface area contributed by atoms with Crippen molar-refractivity contribution >= 4 is 58.2 Å². The lowest BCUT2D eigenvalue weighted by molar-refractivity contribution is -0.128. The number of nitrogens with zero attached hydrogens (tertiary/aromatic N) is 2. The van der Waals surface area contributed by atoms with Crippen molar-refractivity contribution in [1.82, 2.24) is 9.80 Å². The average Bonchev–Trinajstić information content (AvgIpc) is 2.95. The molecular formula is C20H16Cl4N2O3. The molecule has 0 aromatic heterocycles. The number of aliphatic hydroxyl groups excluding tert-OH is 1. The molecule has 0 saturated carbocycles. The zero-order valence-electron chi connectivity index (χ0n) is 15.3. The highest BCUT2D eigenvalue weighted by Gasteiger charge is 2.35. The van der Waals surface area contributed by atoms with E-state index >= 15 is 0 Å². The lowest BCUT2D eigenvalue weighted by Gasteiger charge is -2.20. The number of halogens is 4. The molecule has 0 atom stereocenters. The van der Waals surface area contributed by atoms with Gasteiger partial charge in [-0.25, -0.2) is 0 Å². The van der Waals surface area contributed by atoms with E-state index in [9.17, 15) is 14.7 Å². The smallest absolute Gasteiger partial charge is 0.289 e. The highest BCUT2D eigenvalue weighted by Crippen LogP contribution is 2.27. The van der Waals surface area contributed by atoms with E-state index in [0.29, 0.717) is 20.1 Å². The van der Waals surface area contributed by atoms with Gasteiger partial charge in [-0.3, -0.25) is 9.59 Å². The number of hydrogen-bond donors (Lipinski definition) is 1. The molecular weight excluding hydrogens is 458 g/mol. The summed E-state index contributed by atoms with van der Waals surface area (Å²) in [5.41, 5.74) is 1.54. The van der Waals surface area contributed by atoms with E-state index in [1.807, 2.05) is 0 Å². The Hall–Kier alpha value is -1.92. The number of hydrogen-bond acceptors (Lipinski definition) is 3. The van der Waals surface area contributed by atoms with E-state index in [1.54, 1.807) is 43.4 Å². The van der Waals surface area contributed by atoms with Gasteiger partial charge in [0, 0.05) is 20.1 Å². The second-order valence-electron chi connectivity index (χ2n) is 6.65. The van der Waals surface area contributed by atoms with Crippen molar-refractivity contribution in [3.63, 3.8) is 0 Å². The van der Waals surface area contributed by atoms with Gasteiger partial charge in [-0.15, -0.1) is 0 Å². The Bertz CT molecular complexity index is 1020. The third-order valence-electron chi connectivity index (χ3n) is 4.49. The molecule has 2 amide bonds. The van der Waals surface area contributed by atoms with Crippen LogP contribution in [0.2, 0.25) is 20.1 Å². The molecule has 1 aliphatic heterocycles. The van der Waals surface area contributed by atoms with Gasteiger partial charge in [-0.05, 0) is 35.4 Å².